The number of halogens is 1. The SMILES string of the molecule is O=C(Nc1cc(Cl)ccn1)C1CC2CC2C1. The van der Waals surface area contributed by atoms with Gasteiger partial charge in [-0.1, -0.05) is 11.6 Å². The Balaban J connectivity index is 1.64. The quantitative estimate of drug-likeness (QED) is 0.858. The van der Waals surface area contributed by atoms with Gasteiger partial charge in [0.05, 0.1) is 0 Å². The number of nitrogens with one attached hydrogen (secondary N) is 1. The summed E-state index contributed by atoms with van der Waals surface area (Å²) in [6, 6.07) is 3.37. The Morgan fingerprint density at radius 3 is 2.81 bits per heavy atom. The first-order valence-electron chi connectivity index (χ1n) is 5.65. The lowest BCUT2D eigenvalue weighted by molar-refractivity contribution is -0.120. The second-order valence-corrected chi connectivity index (χ2v) is 5.21. The Morgan fingerprint density at radius 2 is 2.12 bits per heavy atom. The van der Waals surface area contributed by atoms with Crippen LogP contribution >= 0.6 is 11.6 Å². The van der Waals surface area contributed by atoms with Crippen LogP contribution in [-0.2, 0) is 4.79 Å². The first kappa shape index (κ1) is 10.1. The highest BCUT2D eigenvalue weighted by Crippen LogP contribution is 2.54. The van der Waals surface area contributed by atoms with Crippen LogP contribution in [0.4, 0.5) is 5.82 Å². The summed E-state index contributed by atoms with van der Waals surface area (Å²) in [5.74, 6) is 2.48. The third kappa shape index (κ3) is 1.92. The van der Waals surface area contributed by atoms with Crippen LogP contribution in [0.15, 0.2) is 18.3 Å². The molecule has 0 bridgehead atoms. The molecule has 1 amide bonds. The fraction of sp³-hybridized carbons (Fsp3) is 0.500. The summed E-state index contributed by atoms with van der Waals surface area (Å²) in [5, 5.41) is 3.43. The molecule has 0 spiro atoms. The third-order valence-electron chi connectivity index (χ3n) is 3.59. The van der Waals surface area contributed by atoms with E-state index < -0.39 is 0 Å². The Kier molecular flexibility index (Phi) is 2.36. The smallest absolute Gasteiger partial charge is 0.228 e. The molecular formula is C12H13ClN2O. The summed E-state index contributed by atoms with van der Waals surface area (Å²) in [5.41, 5.74) is 0. The van der Waals surface area contributed by atoms with E-state index in [0.29, 0.717) is 10.8 Å². The zero-order chi connectivity index (χ0) is 11.1. The van der Waals surface area contributed by atoms with Crippen LogP contribution in [0.25, 0.3) is 0 Å². The lowest BCUT2D eigenvalue weighted by atomic mass is 10.0. The van der Waals surface area contributed by atoms with Crippen molar-refractivity contribution in [3.05, 3.63) is 23.4 Å². The molecule has 0 saturated heterocycles. The van der Waals surface area contributed by atoms with Crippen LogP contribution < -0.4 is 5.32 Å². The largest absolute Gasteiger partial charge is 0.310 e. The molecule has 0 radical (unpaired) electrons. The number of carbonyl (C=O) groups excluding carboxylic acids is 1. The van der Waals surface area contributed by atoms with Gasteiger partial charge in [0, 0.05) is 17.1 Å². The number of nitrogens with zero attached hydrogens (tertiary/aromatic N) is 1. The number of rotatable bonds is 2. The van der Waals surface area contributed by atoms with Gasteiger partial charge in [-0.3, -0.25) is 4.79 Å². The lowest BCUT2D eigenvalue weighted by Crippen LogP contribution is -2.22. The zero-order valence-electron chi connectivity index (χ0n) is 8.82. The Hall–Kier alpha value is -1.09. The maximum atomic E-state index is 11.9. The molecule has 2 aliphatic carbocycles. The van der Waals surface area contributed by atoms with Gasteiger partial charge >= 0.3 is 0 Å². The summed E-state index contributed by atoms with van der Waals surface area (Å²) in [4.78, 5) is 16.0. The monoisotopic (exact) mass is 236 g/mol. The summed E-state index contributed by atoms with van der Waals surface area (Å²) in [6.07, 6.45) is 5.04. The molecule has 3 rings (SSSR count). The van der Waals surface area contributed by atoms with Gasteiger partial charge < -0.3 is 5.32 Å². The molecule has 2 fully saturated rings. The highest BCUT2D eigenvalue weighted by Gasteiger charge is 2.47. The molecule has 1 heterocycles. The van der Waals surface area contributed by atoms with Gasteiger partial charge in [-0.2, -0.15) is 0 Å². The number of aromatic nitrogens is 1. The van der Waals surface area contributed by atoms with Crippen LogP contribution in [0.2, 0.25) is 5.02 Å². The minimum Gasteiger partial charge on any atom is -0.310 e. The predicted molar refractivity (Wildman–Crippen MR) is 62.2 cm³/mol. The van der Waals surface area contributed by atoms with Gasteiger partial charge in [-0.05, 0) is 43.2 Å². The molecule has 16 heavy (non-hydrogen) atoms. The number of hydrogen-bond donors (Lipinski definition) is 1. The minimum absolute atomic E-state index is 0.0990. The molecule has 2 atom stereocenters. The van der Waals surface area contributed by atoms with E-state index in [-0.39, 0.29) is 11.8 Å². The zero-order valence-corrected chi connectivity index (χ0v) is 9.57. The number of pyridine rings is 1. The van der Waals surface area contributed by atoms with Crippen molar-refractivity contribution in [2.75, 3.05) is 5.32 Å². The molecule has 2 saturated carbocycles. The van der Waals surface area contributed by atoms with Crippen LogP contribution in [0.3, 0.4) is 0 Å². The topological polar surface area (TPSA) is 42.0 Å². The van der Waals surface area contributed by atoms with E-state index in [1.165, 1.54) is 6.42 Å². The Labute approximate surface area is 99.2 Å². The summed E-state index contributed by atoms with van der Waals surface area (Å²) < 4.78 is 0. The van der Waals surface area contributed by atoms with Crippen molar-refractivity contribution in [3.8, 4) is 0 Å². The maximum absolute atomic E-state index is 11.9. The van der Waals surface area contributed by atoms with Crippen molar-refractivity contribution in [3.63, 3.8) is 0 Å². The van der Waals surface area contributed by atoms with Gasteiger partial charge in [-0.25, -0.2) is 4.98 Å². The number of hydrogen-bond acceptors (Lipinski definition) is 2. The van der Waals surface area contributed by atoms with Crippen molar-refractivity contribution in [2.24, 2.45) is 17.8 Å². The highest BCUT2D eigenvalue weighted by atomic mass is 35.5. The van der Waals surface area contributed by atoms with Crippen LogP contribution in [0, 0.1) is 17.8 Å². The Bertz CT molecular complexity index is 425. The number of fused-ring (bicyclic) bond motifs is 1. The fourth-order valence-electron chi connectivity index (χ4n) is 2.63. The van der Waals surface area contributed by atoms with E-state index in [2.05, 4.69) is 10.3 Å². The molecule has 0 aromatic carbocycles. The van der Waals surface area contributed by atoms with Crippen molar-refractivity contribution in [2.45, 2.75) is 19.3 Å². The first-order chi connectivity index (χ1) is 7.72. The van der Waals surface area contributed by atoms with Crippen molar-refractivity contribution in [1.82, 2.24) is 4.98 Å². The van der Waals surface area contributed by atoms with Gasteiger partial charge in [0.15, 0.2) is 0 Å². The maximum Gasteiger partial charge on any atom is 0.228 e. The minimum atomic E-state index is 0.0990. The molecule has 1 N–H and O–H groups in total. The normalized spacial score (nSPS) is 30.9. The van der Waals surface area contributed by atoms with Gasteiger partial charge in [0.1, 0.15) is 5.82 Å². The second kappa shape index (κ2) is 3.74. The predicted octanol–water partition coefficient (Wildman–Crippen LogP) is 2.72. The van der Waals surface area contributed by atoms with Crippen LogP contribution in [0.5, 0.6) is 0 Å². The molecule has 1 aromatic heterocycles. The molecule has 84 valence electrons. The van der Waals surface area contributed by atoms with E-state index >= 15 is 0 Å². The highest BCUT2D eigenvalue weighted by molar-refractivity contribution is 6.30. The Morgan fingerprint density at radius 1 is 1.38 bits per heavy atom. The summed E-state index contributed by atoms with van der Waals surface area (Å²) >= 11 is 5.83. The number of carbonyl (C=O) groups is 1. The standard InChI is InChI=1S/C12H13ClN2O/c13-10-1-2-14-11(6-10)15-12(16)9-4-7-3-8(7)5-9/h1-2,6-9H,3-5H2,(H,14,15,16). The van der Waals surface area contributed by atoms with Gasteiger partial charge in [0.25, 0.3) is 0 Å². The molecule has 1 aromatic rings. The van der Waals surface area contributed by atoms with E-state index in [4.69, 9.17) is 11.6 Å². The van der Waals surface area contributed by atoms with E-state index in [0.717, 1.165) is 24.7 Å². The molecule has 3 nitrogen and oxygen atoms in total. The van der Waals surface area contributed by atoms with Crippen molar-refractivity contribution in [1.29, 1.82) is 0 Å². The molecular weight excluding hydrogens is 224 g/mol. The van der Waals surface area contributed by atoms with Crippen LogP contribution in [-0.4, -0.2) is 10.9 Å². The van der Waals surface area contributed by atoms with E-state index in [9.17, 15) is 4.79 Å². The van der Waals surface area contributed by atoms with Crippen molar-refractivity contribution < 1.29 is 4.79 Å². The molecule has 2 unspecified atom stereocenters. The number of anilines is 1. The lowest BCUT2D eigenvalue weighted by Gasteiger charge is -2.11. The van der Waals surface area contributed by atoms with Gasteiger partial charge in [-0.15, -0.1) is 0 Å². The van der Waals surface area contributed by atoms with Gasteiger partial charge in [0.2, 0.25) is 5.91 Å². The third-order valence-corrected chi connectivity index (χ3v) is 3.82. The van der Waals surface area contributed by atoms with Crippen LogP contribution in [0.1, 0.15) is 19.3 Å². The molecule has 2 aliphatic rings. The first-order valence-corrected chi connectivity index (χ1v) is 6.02. The van der Waals surface area contributed by atoms with E-state index in [1.807, 2.05) is 0 Å². The molecule has 0 aliphatic heterocycles. The molecule has 4 heteroatoms. The van der Waals surface area contributed by atoms with Crippen molar-refractivity contribution >= 4 is 23.3 Å². The summed E-state index contributed by atoms with van der Waals surface area (Å²) in [7, 11) is 0. The van der Waals surface area contributed by atoms with E-state index in [1.54, 1.807) is 18.3 Å². The fourth-order valence-corrected chi connectivity index (χ4v) is 2.79. The number of amides is 1. The summed E-state index contributed by atoms with van der Waals surface area (Å²) in [6.45, 7) is 0. The second-order valence-electron chi connectivity index (χ2n) is 4.77. The average Bonchev–Trinajstić information content (AvgIpc) is 2.86. The average molecular weight is 237 g/mol.